The number of nitrogens with one attached hydrogen (secondary N) is 2. The molecule has 1 aromatic carbocycles. The molecule has 0 radical (unpaired) electrons. The Kier molecular flexibility index (Phi) is 4.57. The summed E-state index contributed by atoms with van der Waals surface area (Å²) in [4.78, 5) is 11.7. The highest BCUT2D eigenvalue weighted by Crippen LogP contribution is 2.10. The van der Waals surface area contributed by atoms with Gasteiger partial charge in [0.25, 0.3) is 11.7 Å². The number of tetrazole rings is 1. The summed E-state index contributed by atoms with van der Waals surface area (Å²) in [5, 5.41) is 15.5. The number of H-pyrrole nitrogens is 1. The lowest BCUT2D eigenvalue weighted by molar-refractivity contribution is 0.0939. The van der Waals surface area contributed by atoms with Crippen LogP contribution in [0.2, 0.25) is 0 Å². The van der Waals surface area contributed by atoms with Gasteiger partial charge in [0.05, 0.1) is 6.61 Å². The molecule has 1 heterocycles. The predicted molar refractivity (Wildman–Crippen MR) is 67.1 cm³/mol. The summed E-state index contributed by atoms with van der Waals surface area (Å²) < 4.78 is 5.39. The molecule has 0 aliphatic heterocycles. The molecule has 0 saturated carbocycles. The third-order valence-corrected chi connectivity index (χ3v) is 2.57. The molecule has 2 N–H and O–H groups in total. The van der Waals surface area contributed by atoms with E-state index in [2.05, 4.69) is 25.9 Å². The van der Waals surface area contributed by atoms with Crippen molar-refractivity contribution < 1.29 is 9.53 Å². The van der Waals surface area contributed by atoms with Crippen molar-refractivity contribution in [1.29, 1.82) is 0 Å². The zero-order chi connectivity index (χ0) is 13.5. The van der Waals surface area contributed by atoms with E-state index in [-0.39, 0.29) is 11.7 Å². The third-order valence-electron chi connectivity index (χ3n) is 2.57. The van der Waals surface area contributed by atoms with Crippen molar-refractivity contribution in [3.8, 4) is 0 Å². The number of rotatable bonds is 6. The zero-order valence-electron chi connectivity index (χ0n) is 10.6. The van der Waals surface area contributed by atoms with Crippen LogP contribution in [0.4, 0.5) is 0 Å². The van der Waals surface area contributed by atoms with Gasteiger partial charge < -0.3 is 10.1 Å². The standard InChI is InChI=1S/C12H15N5O2/c1-2-19-8-10-6-4-3-5-9(10)7-13-12(18)11-14-16-17-15-11/h3-6H,2,7-8H2,1H3,(H,13,18)(H,14,15,16,17). The molecule has 2 aromatic rings. The second-order valence-electron chi connectivity index (χ2n) is 3.82. The van der Waals surface area contributed by atoms with Crippen molar-refractivity contribution in [1.82, 2.24) is 25.9 Å². The van der Waals surface area contributed by atoms with Crippen LogP contribution < -0.4 is 5.32 Å². The van der Waals surface area contributed by atoms with Crippen molar-refractivity contribution in [3.05, 3.63) is 41.2 Å². The van der Waals surface area contributed by atoms with Crippen molar-refractivity contribution in [2.75, 3.05) is 6.61 Å². The molecule has 0 aliphatic rings. The average molecular weight is 261 g/mol. The van der Waals surface area contributed by atoms with Crippen molar-refractivity contribution >= 4 is 5.91 Å². The maximum atomic E-state index is 11.7. The third kappa shape index (κ3) is 3.59. The van der Waals surface area contributed by atoms with Crippen LogP contribution in [0.1, 0.15) is 28.7 Å². The number of aromatic nitrogens is 4. The summed E-state index contributed by atoms with van der Waals surface area (Å²) >= 11 is 0. The molecule has 100 valence electrons. The van der Waals surface area contributed by atoms with Gasteiger partial charge in [0.15, 0.2) is 0 Å². The van der Waals surface area contributed by atoms with E-state index in [0.717, 1.165) is 11.1 Å². The van der Waals surface area contributed by atoms with Gasteiger partial charge in [0, 0.05) is 13.2 Å². The van der Waals surface area contributed by atoms with Crippen LogP contribution in [0, 0.1) is 0 Å². The first-order valence-corrected chi connectivity index (χ1v) is 5.97. The first-order chi connectivity index (χ1) is 9.31. The summed E-state index contributed by atoms with van der Waals surface area (Å²) in [6, 6.07) is 7.79. The highest BCUT2D eigenvalue weighted by Gasteiger charge is 2.10. The molecule has 7 heteroatoms. The number of nitrogens with zero attached hydrogens (tertiary/aromatic N) is 3. The van der Waals surface area contributed by atoms with Crippen molar-refractivity contribution in [2.45, 2.75) is 20.1 Å². The fourth-order valence-electron chi connectivity index (χ4n) is 1.60. The monoisotopic (exact) mass is 261 g/mol. The van der Waals surface area contributed by atoms with Crippen molar-refractivity contribution in [2.24, 2.45) is 0 Å². The van der Waals surface area contributed by atoms with E-state index >= 15 is 0 Å². The Labute approximate surface area is 110 Å². The zero-order valence-corrected chi connectivity index (χ0v) is 10.6. The van der Waals surface area contributed by atoms with Gasteiger partial charge >= 0.3 is 0 Å². The molecule has 0 unspecified atom stereocenters. The highest BCUT2D eigenvalue weighted by molar-refractivity contribution is 5.89. The number of carbonyl (C=O) groups is 1. The van der Waals surface area contributed by atoms with Gasteiger partial charge in [-0.15, -0.1) is 10.2 Å². The summed E-state index contributed by atoms with van der Waals surface area (Å²) in [5.74, 6) is -0.331. The fraction of sp³-hybridized carbons (Fsp3) is 0.333. The average Bonchev–Trinajstić information content (AvgIpc) is 2.97. The van der Waals surface area contributed by atoms with Gasteiger partial charge in [-0.1, -0.05) is 24.3 Å². The SMILES string of the molecule is CCOCc1ccccc1CNC(=O)c1nn[nH]n1. The van der Waals surface area contributed by atoms with Crippen LogP contribution in [0.15, 0.2) is 24.3 Å². The van der Waals surface area contributed by atoms with Crippen molar-refractivity contribution in [3.63, 3.8) is 0 Å². The Hall–Kier alpha value is -2.28. The maximum Gasteiger partial charge on any atom is 0.293 e. The first kappa shape index (κ1) is 13.2. The second-order valence-corrected chi connectivity index (χ2v) is 3.82. The van der Waals surface area contributed by atoms with Gasteiger partial charge in [-0.2, -0.15) is 5.21 Å². The summed E-state index contributed by atoms with van der Waals surface area (Å²) in [7, 11) is 0. The van der Waals surface area contributed by atoms with Crippen LogP contribution in [0.25, 0.3) is 0 Å². The molecule has 0 fully saturated rings. The number of hydrogen-bond acceptors (Lipinski definition) is 5. The molecular weight excluding hydrogens is 246 g/mol. The smallest absolute Gasteiger partial charge is 0.293 e. The van der Waals surface area contributed by atoms with Crippen LogP contribution in [-0.4, -0.2) is 33.1 Å². The number of carbonyl (C=O) groups excluding carboxylic acids is 1. The van der Waals surface area contributed by atoms with E-state index in [1.807, 2.05) is 31.2 Å². The number of benzene rings is 1. The minimum Gasteiger partial charge on any atom is -0.377 e. The molecule has 0 atom stereocenters. The number of ether oxygens (including phenoxy) is 1. The van der Waals surface area contributed by atoms with Gasteiger partial charge in [0.2, 0.25) is 0 Å². The van der Waals surface area contributed by atoms with E-state index in [1.165, 1.54) is 0 Å². The largest absolute Gasteiger partial charge is 0.377 e. The molecule has 19 heavy (non-hydrogen) atoms. The Morgan fingerprint density at radius 3 is 2.84 bits per heavy atom. The lowest BCUT2D eigenvalue weighted by atomic mass is 10.1. The van der Waals surface area contributed by atoms with Crippen LogP contribution >= 0.6 is 0 Å². The number of aromatic amines is 1. The molecule has 0 bridgehead atoms. The van der Waals surface area contributed by atoms with E-state index in [4.69, 9.17) is 4.74 Å². The Morgan fingerprint density at radius 1 is 1.37 bits per heavy atom. The summed E-state index contributed by atoms with van der Waals surface area (Å²) in [6.07, 6.45) is 0. The predicted octanol–water partition coefficient (Wildman–Crippen LogP) is 0.666. The van der Waals surface area contributed by atoms with Gasteiger partial charge in [-0.05, 0) is 23.3 Å². The number of amides is 1. The first-order valence-electron chi connectivity index (χ1n) is 5.97. The van der Waals surface area contributed by atoms with E-state index < -0.39 is 0 Å². The van der Waals surface area contributed by atoms with E-state index in [9.17, 15) is 4.79 Å². The topological polar surface area (TPSA) is 92.8 Å². The fourth-order valence-corrected chi connectivity index (χ4v) is 1.60. The van der Waals surface area contributed by atoms with E-state index in [0.29, 0.717) is 19.8 Å². The Balaban J connectivity index is 1.97. The minimum absolute atomic E-state index is 0.0299. The minimum atomic E-state index is -0.361. The van der Waals surface area contributed by atoms with Gasteiger partial charge in [-0.25, -0.2) is 0 Å². The molecule has 0 spiro atoms. The maximum absolute atomic E-state index is 11.7. The van der Waals surface area contributed by atoms with Gasteiger partial charge in [-0.3, -0.25) is 4.79 Å². The number of hydrogen-bond donors (Lipinski definition) is 2. The molecule has 1 amide bonds. The lowest BCUT2D eigenvalue weighted by Gasteiger charge is -2.09. The quantitative estimate of drug-likeness (QED) is 0.797. The summed E-state index contributed by atoms with van der Waals surface area (Å²) in [5.41, 5.74) is 2.06. The molecule has 7 nitrogen and oxygen atoms in total. The Bertz CT molecular complexity index is 527. The summed E-state index contributed by atoms with van der Waals surface area (Å²) in [6.45, 7) is 3.53. The molecule has 0 aliphatic carbocycles. The van der Waals surface area contributed by atoms with Crippen LogP contribution in [0.5, 0.6) is 0 Å². The van der Waals surface area contributed by atoms with Crippen LogP contribution in [0.3, 0.4) is 0 Å². The highest BCUT2D eigenvalue weighted by atomic mass is 16.5. The van der Waals surface area contributed by atoms with E-state index in [1.54, 1.807) is 0 Å². The molecule has 2 rings (SSSR count). The van der Waals surface area contributed by atoms with Crippen LogP contribution in [-0.2, 0) is 17.9 Å². The van der Waals surface area contributed by atoms with Gasteiger partial charge in [0.1, 0.15) is 0 Å². The second kappa shape index (κ2) is 6.60. The molecule has 1 aromatic heterocycles. The molecule has 0 saturated heterocycles. The molecular formula is C12H15N5O2. The normalized spacial score (nSPS) is 10.4. The Morgan fingerprint density at radius 2 is 2.16 bits per heavy atom. The lowest BCUT2D eigenvalue weighted by Crippen LogP contribution is -2.24.